The maximum atomic E-state index is 12.7. The van der Waals surface area contributed by atoms with Crippen molar-refractivity contribution in [3.63, 3.8) is 0 Å². The molecule has 0 aromatic heterocycles. The first-order valence-corrected chi connectivity index (χ1v) is 9.72. The van der Waals surface area contributed by atoms with Gasteiger partial charge in [-0.25, -0.2) is 4.79 Å². The molecular weight excluding hydrogens is 368 g/mol. The summed E-state index contributed by atoms with van der Waals surface area (Å²) < 4.78 is 5.28. The molecule has 1 unspecified atom stereocenters. The molecule has 1 aliphatic rings. The van der Waals surface area contributed by atoms with E-state index in [9.17, 15) is 9.59 Å². The van der Waals surface area contributed by atoms with Crippen LogP contribution in [0.5, 0.6) is 0 Å². The molecule has 1 heterocycles. The second-order valence-corrected chi connectivity index (χ2v) is 8.17. The molecule has 29 heavy (non-hydrogen) atoms. The molecule has 2 aromatic rings. The van der Waals surface area contributed by atoms with Crippen molar-refractivity contribution in [1.82, 2.24) is 0 Å². The molecule has 0 saturated carbocycles. The fourth-order valence-corrected chi connectivity index (χ4v) is 3.15. The van der Waals surface area contributed by atoms with Gasteiger partial charge in [0.15, 0.2) is 0 Å². The van der Waals surface area contributed by atoms with Crippen LogP contribution in [0.1, 0.15) is 37.6 Å². The zero-order valence-electron chi connectivity index (χ0n) is 17.1. The maximum Gasteiger partial charge on any atom is 0.412 e. The van der Waals surface area contributed by atoms with E-state index in [2.05, 4.69) is 15.5 Å². The lowest BCUT2D eigenvalue weighted by Gasteiger charge is -2.20. The van der Waals surface area contributed by atoms with Gasteiger partial charge in [-0.15, -0.1) is 0 Å². The lowest BCUT2D eigenvalue weighted by Crippen LogP contribution is -2.27. The van der Waals surface area contributed by atoms with E-state index in [0.29, 0.717) is 16.9 Å². The number of benzene rings is 2. The monoisotopic (exact) mass is 396 g/mol. The predicted molar refractivity (Wildman–Crippen MR) is 115 cm³/mol. The number of amides is 2. The lowest BCUT2D eigenvalue weighted by molar-refractivity contribution is 0.0635. The van der Waals surface area contributed by atoms with Crippen molar-refractivity contribution in [3.05, 3.63) is 54.1 Å². The van der Waals surface area contributed by atoms with Crippen LogP contribution >= 0.6 is 0 Å². The first-order valence-electron chi connectivity index (χ1n) is 9.72. The summed E-state index contributed by atoms with van der Waals surface area (Å²) in [5, 5.41) is 5.53. The largest absolute Gasteiger partial charge is 0.444 e. The Morgan fingerprint density at radius 3 is 2.21 bits per heavy atom. The minimum absolute atomic E-state index is 0.201. The highest BCUT2D eigenvalue weighted by Crippen LogP contribution is 2.24. The summed E-state index contributed by atoms with van der Waals surface area (Å²) in [5.41, 5.74) is 7.91. The number of nitrogens with two attached hydrogens (primary N) is 1. The van der Waals surface area contributed by atoms with Crippen LogP contribution in [0.2, 0.25) is 0 Å². The number of hydrogen-bond acceptors (Lipinski definition) is 5. The van der Waals surface area contributed by atoms with E-state index in [4.69, 9.17) is 10.5 Å². The molecule has 0 bridgehead atoms. The quantitative estimate of drug-likeness (QED) is 0.730. The molecule has 2 amide bonds. The maximum absolute atomic E-state index is 12.7. The van der Waals surface area contributed by atoms with Crippen LogP contribution in [0.4, 0.5) is 21.9 Å². The van der Waals surface area contributed by atoms with Crippen molar-refractivity contribution >= 4 is 29.1 Å². The normalized spacial score (nSPS) is 16.4. The topological polar surface area (TPSA) is 96.7 Å². The number of para-hydroxylation sites is 2. The fraction of sp³-hybridized carbons (Fsp3) is 0.364. The van der Waals surface area contributed by atoms with Crippen molar-refractivity contribution in [1.29, 1.82) is 0 Å². The van der Waals surface area contributed by atoms with Gasteiger partial charge in [0.25, 0.3) is 5.91 Å². The van der Waals surface area contributed by atoms with E-state index >= 15 is 0 Å². The van der Waals surface area contributed by atoms with Gasteiger partial charge < -0.3 is 20.7 Å². The van der Waals surface area contributed by atoms with Crippen LogP contribution in [-0.2, 0) is 4.74 Å². The van der Waals surface area contributed by atoms with Gasteiger partial charge in [-0.1, -0.05) is 12.1 Å². The Morgan fingerprint density at radius 1 is 1.03 bits per heavy atom. The van der Waals surface area contributed by atoms with E-state index in [0.717, 1.165) is 25.2 Å². The highest BCUT2D eigenvalue weighted by atomic mass is 16.6. The second kappa shape index (κ2) is 8.53. The van der Waals surface area contributed by atoms with Gasteiger partial charge in [0.05, 0.1) is 11.4 Å². The molecule has 7 heteroatoms. The molecular formula is C22H28N4O3. The Balaban J connectivity index is 1.67. The Hall–Kier alpha value is -3.06. The highest BCUT2D eigenvalue weighted by Gasteiger charge is 2.20. The molecule has 3 rings (SSSR count). The fourth-order valence-electron chi connectivity index (χ4n) is 3.15. The van der Waals surface area contributed by atoms with Crippen molar-refractivity contribution < 1.29 is 14.3 Å². The van der Waals surface area contributed by atoms with Crippen LogP contribution in [0, 0.1) is 0 Å². The summed E-state index contributed by atoms with van der Waals surface area (Å²) in [6.45, 7) is 7.13. The number of rotatable bonds is 4. The third-order valence-electron chi connectivity index (χ3n) is 4.53. The number of nitrogens with one attached hydrogen (secondary N) is 2. The molecule has 2 aromatic carbocycles. The minimum Gasteiger partial charge on any atom is -0.444 e. The third kappa shape index (κ3) is 5.71. The smallest absolute Gasteiger partial charge is 0.412 e. The molecule has 1 atom stereocenters. The zero-order valence-corrected chi connectivity index (χ0v) is 17.1. The van der Waals surface area contributed by atoms with Crippen LogP contribution in [0.15, 0.2) is 48.5 Å². The van der Waals surface area contributed by atoms with Crippen LogP contribution in [0.25, 0.3) is 0 Å². The Kier molecular flexibility index (Phi) is 6.08. The first-order chi connectivity index (χ1) is 13.7. The van der Waals surface area contributed by atoms with Crippen LogP contribution in [-0.4, -0.2) is 36.7 Å². The van der Waals surface area contributed by atoms with E-state index in [-0.39, 0.29) is 11.9 Å². The van der Waals surface area contributed by atoms with Crippen molar-refractivity contribution in [2.75, 3.05) is 28.6 Å². The summed E-state index contributed by atoms with van der Waals surface area (Å²) in [5.74, 6) is -0.256. The van der Waals surface area contributed by atoms with Crippen LogP contribution < -0.4 is 21.3 Å². The summed E-state index contributed by atoms with van der Waals surface area (Å²) in [6.07, 6.45) is 0.399. The summed E-state index contributed by atoms with van der Waals surface area (Å²) in [7, 11) is 0. The molecule has 1 aliphatic heterocycles. The number of nitrogens with zero attached hydrogens (tertiary/aromatic N) is 1. The second-order valence-electron chi connectivity index (χ2n) is 8.17. The van der Waals surface area contributed by atoms with Gasteiger partial charge in [-0.2, -0.15) is 0 Å². The highest BCUT2D eigenvalue weighted by molar-refractivity contribution is 6.07. The molecule has 0 radical (unpaired) electrons. The van der Waals surface area contributed by atoms with Gasteiger partial charge in [0, 0.05) is 30.4 Å². The number of anilines is 3. The number of carbonyl (C=O) groups is 2. The van der Waals surface area contributed by atoms with Crippen LogP contribution in [0.3, 0.4) is 0 Å². The van der Waals surface area contributed by atoms with Gasteiger partial charge in [-0.3, -0.25) is 10.1 Å². The average molecular weight is 396 g/mol. The van der Waals surface area contributed by atoms with Crippen molar-refractivity contribution in [2.24, 2.45) is 5.73 Å². The van der Waals surface area contributed by atoms with Crippen molar-refractivity contribution in [3.8, 4) is 0 Å². The van der Waals surface area contributed by atoms with E-state index in [1.54, 1.807) is 57.2 Å². The summed E-state index contributed by atoms with van der Waals surface area (Å²) in [4.78, 5) is 27.0. The first kappa shape index (κ1) is 20.7. The number of hydrogen-bond donors (Lipinski definition) is 3. The molecule has 1 saturated heterocycles. The molecule has 154 valence electrons. The predicted octanol–water partition coefficient (Wildman–Crippen LogP) is 3.82. The summed E-state index contributed by atoms with van der Waals surface area (Å²) >= 11 is 0. The minimum atomic E-state index is -0.608. The van der Waals surface area contributed by atoms with Gasteiger partial charge in [0.2, 0.25) is 0 Å². The Morgan fingerprint density at radius 2 is 1.66 bits per heavy atom. The Bertz CT molecular complexity index is 874. The van der Waals surface area contributed by atoms with Gasteiger partial charge >= 0.3 is 6.09 Å². The molecule has 0 spiro atoms. The van der Waals surface area contributed by atoms with Gasteiger partial charge in [0.1, 0.15) is 5.60 Å². The van der Waals surface area contributed by atoms with E-state index < -0.39 is 11.7 Å². The lowest BCUT2D eigenvalue weighted by atomic mass is 10.1. The number of ether oxygens (including phenoxy) is 1. The molecule has 1 fully saturated rings. The summed E-state index contributed by atoms with van der Waals surface area (Å²) in [6, 6.07) is 14.6. The number of carbonyl (C=O) groups excluding carboxylic acids is 2. The van der Waals surface area contributed by atoms with E-state index in [1.165, 1.54) is 0 Å². The molecule has 0 aliphatic carbocycles. The molecule has 4 N–H and O–H groups in total. The average Bonchev–Trinajstić information content (AvgIpc) is 3.08. The third-order valence-corrected chi connectivity index (χ3v) is 4.53. The van der Waals surface area contributed by atoms with Gasteiger partial charge in [-0.05, 0) is 63.6 Å². The van der Waals surface area contributed by atoms with E-state index in [1.807, 2.05) is 12.1 Å². The standard InChI is InChI=1S/C22H28N4O3/c1-22(2,3)29-21(28)25-19-7-5-4-6-18(19)24-20(27)15-8-10-17(11-9-15)26-13-12-16(23)14-26/h4-11,16H,12-14,23H2,1-3H3,(H,24,27)(H,25,28). The SMILES string of the molecule is CC(C)(C)OC(=O)Nc1ccccc1NC(=O)c1ccc(N2CCC(N)C2)cc1. The van der Waals surface area contributed by atoms with Crippen molar-refractivity contribution in [2.45, 2.75) is 38.8 Å². The Labute approximate surface area is 171 Å². The molecule has 7 nitrogen and oxygen atoms in total. The zero-order chi connectivity index (χ0) is 21.0.